The molecule has 2 aliphatic rings. The number of fused-ring (bicyclic) bond motifs is 1. The second-order valence-corrected chi connectivity index (χ2v) is 6.86. The van der Waals surface area contributed by atoms with Crippen LogP contribution in [0, 0.1) is 0 Å². The zero-order valence-corrected chi connectivity index (χ0v) is 13.6. The highest BCUT2D eigenvalue weighted by molar-refractivity contribution is 5.73. The highest BCUT2D eigenvalue weighted by Crippen LogP contribution is 2.28. The number of nitrogens with zero attached hydrogens (tertiary/aromatic N) is 1. The van der Waals surface area contributed by atoms with Gasteiger partial charge in [-0.05, 0) is 43.9 Å². The van der Waals surface area contributed by atoms with Crippen LogP contribution in [0.2, 0.25) is 0 Å². The van der Waals surface area contributed by atoms with E-state index in [4.69, 9.17) is 0 Å². The Hall–Kier alpha value is -1.39. The van der Waals surface area contributed by atoms with E-state index in [1.54, 1.807) is 6.92 Å². The molecule has 1 heterocycles. The van der Waals surface area contributed by atoms with Crippen molar-refractivity contribution in [2.24, 2.45) is 0 Å². The van der Waals surface area contributed by atoms with Gasteiger partial charge in [0.1, 0.15) is 0 Å². The van der Waals surface area contributed by atoms with Gasteiger partial charge in [0.2, 0.25) is 5.91 Å². The summed E-state index contributed by atoms with van der Waals surface area (Å²) in [5.74, 6) is 0.0965. The highest BCUT2D eigenvalue weighted by atomic mass is 16.1. The number of hydrogen-bond donors (Lipinski definition) is 2. The number of carbonyl (C=O) groups excluding carboxylic acids is 1. The summed E-state index contributed by atoms with van der Waals surface area (Å²) in [5, 5.41) is 6.92. The average Bonchev–Trinajstić information content (AvgIpc) is 2.48. The van der Waals surface area contributed by atoms with E-state index in [9.17, 15) is 4.79 Å². The molecule has 0 radical (unpaired) electrons. The smallest absolute Gasteiger partial charge is 0.217 e. The maximum Gasteiger partial charge on any atom is 0.217 e. The minimum atomic E-state index is 0.0965. The Kier molecular flexibility index (Phi) is 4.79. The van der Waals surface area contributed by atoms with Crippen molar-refractivity contribution in [3.05, 3.63) is 35.4 Å². The lowest BCUT2D eigenvalue weighted by molar-refractivity contribution is -0.119. The molecule has 120 valence electrons. The molecule has 22 heavy (non-hydrogen) atoms. The van der Waals surface area contributed by atoms with Crippen LogP contribution in [0.1, 0.15) is 49.8 Å². The number of carbonyl (C=O) groups is 1. The predicted molar refractivity (Wildman–Crippen MR) is 88.5 cm³/mol. The largest absolute Gasteiger partial charge is 0.354 e. The molecule has 1 fully saturated rings. The highest BCUT2D eigenvalue weighted by Gasteiger charge is 2.27. The molecule has 1 unspecified atom stereocenters. The summed E-state index contributed by atoms with van der Waals surface area (Å²) in [4.78, 5) is 13.5. The summed E-state index contributed by atoms with van der Waals surface area (Å²) in [5.41, 5.74) is 2.91. The fraction of sp³-hybridized carbons (Fsp3) is 0.611. The molecule has 0 spiro atoms. The lowest BCUT2D eigenvalue weighted by atomic mass is 9.89. The Bertz CT molecular complexity index is 523. The first-order valence-electron chi connectivity index (χ1n) is 8.41. The zero-order valence-electron chi connectivity index (χ0n) is 13.6. The maximum absolute atomic E-state index is 11.2. The molecule has 1 aromatic carbocycles. The van der Waals surface area contributed by atoms with Crippen LogP contribution >= 0.6 is 0 Å². The van der Waals surface area contributed by atoms with Crippen LogP contribution in [0.25, 0.3) is 0 Å². The third-order valence-electron chi connectivity index (χ3n) is 4.94. The monoisotopic (exact) mass is 301 g/mol. The summed E-state index contributed by atoms with van der Waals surface area (Å²) in [7, 11) is 2.19. The molecule has 2 N–H and O–H groups in total. The zero-order chi connectivity index (χ0) is 15.5. The molecule has 0 bridgehead atoms. The molecule has 3 rings (SSSR count). The fourth-order valence-electron chi connectivity index (χ4n) is 3.90. The Balaban J connectivity index is 1.59. The van der Waals surface area contributed by atoms with E-state index in [-0.39, 0.29) is 5.91 Å². The van der Waals surface area contributed by atoms with Crippen molar-refractivity contribution in [3.63, 3.8) is 0 Å². The summed E-state index contributed by atoms with van der Waals surface area (Å²) in [6.45, 7) is 3.73. The van der Waals surface area contributed by atoms with Crippen molar-refractivity contribution in [1.82, 2.24) is 15.5 Å². The Morgan fingerprint density at radius 3 is 2.55 bits per heavy atom. The maximum atomic E-state index is 11.2. The SMILES string of the molecule is CC(=O)NC1CCC(NC2CN(C)Cc3ccccc32)CC1. The molecule has 4 nitrogen and oxygen atoms in total. The molecule has 1 atom stereocenters. The normalized spacial score (nSPS) is 28.9. The molecule has 1 aliphatic heterocycles. The lowest BCUT2D eigenvalue weighted by Crippen LogP contribution is -2.45. The van der Waals surface area contributed by atoms with E-state index >= 15 is 0 Å². The van der Waals surface area contributed by atoms with Crippen LogP contribution in [0.3, 0.4) is 0 Å². The first-order valence-corrected chi connectivity index (χ1v) is 8.41. The van der Waals surface area contributed by atoms with Gasteiger partial charge in [0, 0.05) is 38.1 Å². The van der Waals surface area contributed by atoms with Crippen LogP contribution in [0.4, 0.5) is 0 Å². The van der Waals surface area contributed by atoms with Crippen LogP contribution < -0.4 is 10.6 Å². The van der Waals surface area contributed by atoms with Gasteiger partial charge in [0.15, 0.2) is 0 Å². The van der Waals surface area contributed by atoms with Crippen LogP contribution in [-0.4, -0.2) is 36.5 Å². The minimum absolute atomic E-state index is 0.0965. The van der Waals surface area contributed by atoms with Crippen molar-refractivity contribution in [2.45, 2.75) is 57.3 Å². The number of likely N-dealkylation sites (N-methyl/N-ethyl adjacent to an activating group) is 1. The number of amides is 1. The van der Waals surface area contributed by atoms with Gasteiger partial charge >= 0.3 is 0 Å². The van der Waals surface area contributed by atoms with Gasteiger partial charge in [-0.3, -0.25) is 4.79 Å². The van der Waals surface area contributed by atoms with Gasteiger partial charge in [-0.25, -0.2) is 0 Å². The Labute approximate surface area is 133 Å². The summed E-state index contributed by atoms with van der Waals surface area (Å²) in [6.07, 6.45) is 4.46. The van der Waals surface area contributed by atoms with Crippen molar-refractivity contribution < 1.29 is 4.79 Å². The van der Waals surface area contributed by atoms with Gasteiger partial charge < -0.3 is 15.5 Å². The lowest BCUT2D eigenvalue weighted by Gasteiger charge is -2.37. The third-order valence-corrected chi connectivity index (χ3v) is 4.94. The van der Waals surface area contributed by atoms with Gasteiger partial charge in [0.05, 0.1) is 0 Å². The fourth-order valence-corrected chi connectivity index (χ4v) is 3.90. The molecule has 0 aromatic heterocycles. The third kappa shape index (κ3) is 3.68. The average molecular weight is 301 g/mol. The molecule has 0 saturated heterocycles. The first-order chi connectivity index (χ1) is 10.6. The van der Waals surface area contributed by atoms with Crippen LogP contribution in [-0.2, 0) is 11.3 Å². The molecular weight excluding hydrogens is 274 g/mol. The Morgan fingerprint density at radius 2 is 1.82 bits per heavy atom. The molecule has 1 amide bonds. The molecule has 4 heteroatoms. The summed E-state index contributed by atoms with van der Waals surface area (Å²) in [6, 6.07) is 10.2. The first kappa shape index (κ1) is 15.5. The number of nitrogens with one attached hydrogen (secondary N) is 2. The number of benzene rings is 1. The standard InChI is InChI=1S/C18H27N3O/c1-13(22)19-15-7-9-16(10-8-15)20-18-12-21(2)11-14-5-3-4-6-17(14)18/h3-6,15-16,18,20H,7-12H2,1-2H3,(H,19,22). The van der Waals surface area contributed by atoms with E-state index < -0.39 is 0 Å². The molecule has 1 saturated carbocycles. The molecule has 1 aliphatic carbocycles. The van der Waals surface area contributed by atoms with Crippen molar-refractivity contribution in [3.8, 4) is 0 Å². The van der Waals surface area contributed by atoms with Gasteiger partial charge in [-0.2, -0.15) is 0 Å². The van der Waals surface area contributed by atoms with Crippen LogP contribution in [0.5, 0.6) is 0 Å². The van der Waals surface area contributed by atoms with Crippen molar-refractivity contribution in [1.29, 1.82) is 0 Å². The van der Waals surface area contributed by atoms with E-state index in [0.717, 1.165) is 38.8 Å². The topological polar surface area (TPSA) is 44.4 Å². The Morgan fingerprint density at radius 1 is 1.14 bits per heavy atom. The van der Waals surface area contributed by atoms with Gasteiger partial charge in [-0.1, -0.05) is 24.3 Å². The van der Waals surface area contributed by atoms with Gasteiger partial charge in [-0.15, -0.1) is 0 Å². The molecular formula is C18H27N3O. The van der Waals surface area contributed by atoms with Crippen LogP contribution in [0.15, 0.2) is 24.3 Å². The second-order valence-electron chi connectivity index (χ2n) is 6.86. The van der Waals surface area contributed by atoms with Crippen molar-refractivity contribution in [2.75, 3.05) is 13.6 Å². The van der Waals surface area contributed by atoms with E-state index in [2.05, 4.69) is 46.8 Å². The van der Waals surface area contributed by atoms with Gasteiger partial charge in [0.25, 0.3) is 0 Å². The quantitative estimate of drug-likeness (QED) is 0.900. The number of rotatable bonds is 3. The summed E-state index contributed by atoms with van der Waals surface area (Å²) >= 11 is 0. The second kappa shape index (κ2) is 6.80. The van der Waals surface area contributed by atoms with E-state index in [0.29, 0.717) is 18.1 Å². The summed E-state index contributed by atoms with van der Waals surface area (Å²) < 4.78 is 0. The predicted octanol–water partition coefficient (Wildman–Crippen LogP) is 2.21. The number of hydrogen-bond acceptors (Lipinski definition) is 3. The van der Waals surface area contributed by atoms with Crippen molar-refractivity contribution >= 4 is 5.91 Å². The van der Waals surface area contributed by atoms with E-state index in [1.165, 1.54) is 11.1 Å². The van der Waals surface area contributed by atoms with E-state index in [1.807, 2.05) is 0 Å². The minimum Gasteiger partial charge on any atom is -0.354 e. The molecule has 1 aromatic rings.